The van der Waals surface area contributed by atoms with Gasteiger partial charge in [0.05, 0.1) is 13.2 Å². The molecule has 0 saturated carbocycles. The van der Waals surface area contributed by atoms with E-state index in [1.165, 1.54) is 0 Å². The lowest BCUT2D eigenvalue weighted by Crippen LogP contribution is -2.57. The first-order valence-electron chi connectivity index (χ1n) is 7.51. The van der Waals surface area contributed by atoms with Gasteiger partial charge in [-0.25, -0.2) is 0 Å². The normalized spacial score (nSPS) is 16.5. The average Bonchev–Trinajstić information content (AvgIpc) is 3.02. The number of benzene rings is 1. The van der Waals surface area contributed by atoms with Crippen LogP contribution in [-0.4, -0.2) is 41.8 Å². The average molecular weight is 312 g/mol. The molecule has 118 valence electrons. The van der Waals surface area contributed by atoms with Gasteiger partial charge in [0.1, 0.15) is 0 Å². The van der Waals surface area contributed by atoms with Crippen LogP contribution in [0.4, 0.5) is 0 Å². The van der Waals surface area contributed by atoms with Crippen LogP contribution < -0.4 is 5.19 Å². The van der Waals surface area contributed by atoms with Crippen molar-refractivity contribution >= 4 is 14.0 Å². The second-order valence-corrected chi connectivity index (χ2v) is 7.11. The lowest BCUT2D eigenvalue weighted by molar-refractivity contribution is -0.0440. The molecule has 1 heterocycles. The summed E-state index contributed by atoms with van der Waals surface area (Å²) in [4.78, 5) is 0. The quantitative estimate of drug-likeness (QED) is 0.687. The maximum atomic E-state index is 5.93. The molecule has 0 aromatic heterocycles. The summed E-state index contributed by atoms with van der Waals surface area (Å²) in [6, 6.07) is 7.96. The topological polar surface area (TPSA) is 46.2 Å². The van der Waals surface area contributed by atoms with Crippen LogP contribution in [0, 0.1) is 0 Å². The highest BCUT2D eigenvalue weighted by atomic mass is 28.4. The Kier molecular flexibility index (Phi) is 6.34. The van der Waals surface area contributed by atoms with Crippen LogP contribution in [0.5, 0.6) is 0 Å². The van der Waals surface area contributed by atoms with Crippen molar-refractivity contribution in [1.82, 2.24) is 0 Å². The van der Waals surface area contributed by atoms with Crippen LogP contribution >= 0.6 is 0 Å². The lowest BCUT2D eigenvalue weighted by Gasteiger charge is -2.29. The Morgan fingerprint density at radius 1 is 1.00 bits per heavy atom. The van der Waals surface area contributed by atoms with E-state index in [1.807, 2.05) is 45.0 Å². The number of hydrogen-bond acceptors (Lipinski definition) is 5. The van der Waals surface area contributed by atoms with Crippen molar-refractivity contribution in [3.8, 4) is 0 Å². The molecule has 5 nitrogen and oxygen atoms in total. The summed E-state index contributed by atoms with van der Waals surface area (Å²) < 4.78 is 28.9. The Labute approximate surface area is 127 Å². The fourth-order valence-corrected chi connectivity index (χ4v) is 4.91. The number of hydrogen-bond donors (Lipinski definition) is 0. The molecule has 21 heavy (non-hydrogen) atoms. The Morgan fingerprint density at radius 3 is 2.10 bits per heavy atom. The Hall–Kier alpha value is -0.763. The highest BCUT2D eigenvalue weighted by molar-refractivity contribution is 6.75. The smallest absolute Gasteiger partial charge is 0.370 e. The molecule has 0 aliphatic carbocycles. The molecule has 1 aliphatic rings. The maximum absolute atomic E-state index is 5.93. The molecule has 1 fully saturated rings. The van der Waals surface area contributed by atoms with Gasteiger partial charge in [-0.15, -0.1) is 0 Å². The third-order valence-electron chi connectivity index (χ3n) is 3.14. The fraction of sp³-hybridized carbons (Fsp3) is 0.600. The van der Waals surface area contributed by atoms with Crippen molar-refractivity contribution < 1.29 is 22.8 Å². The first-order valence-corrected chi connectivity index (χ1v) is 9.23. The van der Waals surface area contributed by atoms with E-state index in [9.17, 15) is 0 Å². The van der Waals surface area contributed by atoms with Gasteiger partial charge in [0.25, 0.3) is 0 Å². The molecule has 0 radical (unpaired) electrons. The molecule has 1 aromatic carbocycles. The van der Waals surface area contributed by atoms with Gasteiger partial charge in [0.2, 0.25) is 0 Å². The molecule has 0 atom stereocenters. The molecule has 0 spiro atoms. The predicted octanol–water partition coefficient (Wildman–Crippen LogP) is 1.99. The molecule has 0 amide bonds. The standard InChI is InChI=1S/C15H24O5Si/c1-4-18-21(19-5-2,20-6-3)14-9-7-8-13(12-14)15-16-10-11-17-15/h7-9,12,15H,4-6,10-11H2,1-3H3. The van der Waals surface area contributed by atoms with Crippen LogP contribution in [0.1, 0.15) is 32.6 Å². The molecular weight excluding hydrogens is 288 g/mol. The number of ether oxygens (including phenoxy) is 2. The summed E-state index contributed by atoms with van der Waals surface area (Å²) in [5.41, 5.74) is 0.973. The van der Waals surface area contributed by atoms with Gasteiger partial charge in [-0.05, 0) is 26.8 Å². The van der Waals surface area contributed by atoms with Crippen molar-refractivity contribution in [3.63, 3.8) is 0 Å². The first kappa shape index (κ1) is 16.6. The van der Waals surface area contributed by atoms with Gasteiger partial charge in [0.15, 0.2) is 6.29 Å². The van der Waals surface area contributed by atoms with E-state index in [1.54, 1.807) is 0 Å². The molecule has 0 unspecified atom stereocenters. The molecule has 1 aliphatic heterocycles. The maximum Gasteiger partial charge on any atom is 0.537 e. The minimum atomic E-state index is -2.87. The van der Waals surface area contributed by atoms with E-state index >= 15 is 0 Å². The summed E-state index contributed by atoms with van der Waals surface area (Å²) in [6.07, 6.45) is -0.304. The van der Waals surface area contributed by atoms with Crippen LogP contribution in [0.15, 0.2) is 24.3 Å². The Bertz CT molecular complexity index is 417. The predicted molar refractivity (Wildman–Crippen MR) is 81.4 cm³/mol. The highest BCUT2D eigenvalue weighted by Gasteiger charge is 2.43. The molecule has 1 saturated heterocycles. The molecule has 2 rings (SSSR count). The van der Waals surface area contributed by atoms with Gasteiger partial charge < -0.3 is 22.8 Å². The molecule has 6 heteroatoms. The largest absolute Gasteiger partial charge is 0.537 e. The molecule has 1 aromatic rings. The van der Waals surface area contributed by atoms with Gasteiger partial charge in [-0.1, -0.05) is 18.2 Å². The summed E-state index contributed by atoms with van der Waals surface area (Å²) in [6.45, 7) is 8.75. The minimum Gasteiger partial charge on any atom is -0.370 e. The molecular formula is C15H24O5Si. The highest BCUT2D eigenvalue weighted by Crippen LogP contribution is 2.23. The third kappa shape index (κ3) is 3.91. The minimum absolute atomic E-state index is 0.304. The zero-order chi connectivity index (χ0) is 15.1. The van der Waals surface area contributed by atoms with Crippen molar-refractivity contribution in [3.05, 3.63) is 29.8 Å². The van der Waals surface area contributed by atoms with Crippen LogP contribution in [0.25, 0.3) is 0 Å². The first-order chi connectivity index (χ1) is 10.3. The van der Waals surface area contributed by atoms with Crippen molar-refractivity contribution in [2.75, 3.05) is 33.0 Å². The molecule has 0 N–H and O–H groups in total. The van der Waals surface area contributed by atoms with Crippen molar-refractivity contribution in [2.45, 2.75) is 27.1 Å². The second-order valence-electron chi connectivity index (χ2n) is 4.55. The van der Waals surface area contributed by atoms with Gasteiger partial charge in [0, 0.05) is 30.6 Å². The Morgan fingerprint density at radius 2 is 1.57 bits per heavy atom. The van der Waals surface area contributed by atoms with E-state index in [2.05, 4.69) is 0 Å². The van der Waals surface area contributed by atoms with Crippen molar-refractivity contribution in [2.24, 2.45) is 0 Å². The van der Waals surface area contributed by atoms with E-state index in [0.29, 0.717) is 33.0 Å². The summed E-state index contributed by atoms with van der Waals surface area (Å²) in [5, 5.41) is 0.949. The third-order valence-corrected chi connectivity index (χ3v) is 6.16. The summed E-state index contributed by atoms with van der Waals surface area (Å²) in [5.74, 6) is 0. The summed E-state index contributed by atoms with van der Waals surface area (Å²) >= 11 is 0. The van der Waals surface area contributed by atoms with E-state index in [0.717, 1.165) is 10.8 Å². The van der Waals surface area contributed by atoms with Crippen molar-refractivity contribution in [1.29, 1.82) is 0 Å². The lowest BCUT2D eigenvalue weighted by atomic mass is 10.2. The van der Waals surface area contributed by atoms with E-state index in [-0.39, 0.29) is 6.29 Å². The second kappa shape index (κ2) is 8.02. The van der Waals surface area contributed by atoms with Crippen LogP contribution in [0.2, 0.25) is 0 Å². The zero-order valence-electron chi connectivity index (χ0n) is 13.0. The SMILES string of the molecule is CCO[Si](OCC)(OCC)c1cccc(C2OCCO2)c1. The van der Waals surface area contributed by atoms with Crippen LogP contribution in [0.3, 0.4) is 0 Å². The summed E-state index contributed by atoms with van der Waals surface area (Å²) in [7, 11) is -2.87. The van der Waals surface area contributed by atoms with Gasteiger partial charge >= 0.3 is 8.80 Å². The monoisotopic (exact) mass is 312 g/mol. The van der Waals surface area contributed by atoms with Gasteiger partial charge in [-0.2, -0.15) is 0 Å². The fourth-order valence-electron chi connectivity index (χ4n) is 2.37. The zero-order valence-corrected chi connectivity index (χ0v) is 14.0. The Balaban J connectivity index is 2.31. The van der Waals surface area contributed by atoms with Crippen LogP contribution in [-0.2, 0) is 22.8 Å². The molecule has 0 bridgehead atoms. The number of rotatable bonds is 8. The van der Waals surface area contributed by atoms with E-state index < -0.39 is 8.80 Å². The van der Waals surface area contributed by atoms with Gasteiger partial charge in [-0.3, -0.25) is 0 Å². The van der Waals surface area contributed by atoms with E-state index in [4.69, 9.17) is 22.8 Å².